The maximum absolute atomic E-state index is 12.1. The smallest absolute Gasteiger partial charge is 0.319 e. The molecule has 1 aromatic carbocycles. The molecule has 1 aliphatic rings. The van der Waals surface area contributed by atoms with Crippen molar-refractivity contribution in [2.75, 3.05) is 36.4 Å². The minimum Gasteiger partial charge on any atom is -0.368 e. The Morgan fingerprint density at radius 3 is 2.60 bits per heavy atom. The van der Waals surface area contributed by atoms with E-state index in [4.69, 9.17) is 0 Å². The minimum absolute atomic E-state index is 0.0975. The summed E-state index contributed by atoms with van der Waals surface area (Å²) in [5, 5.41) is 5.85. The van der Waals surface area contributed by atoms with E-state index in [0.29, 0.717) is 0 Å². The highest BCUT2D eigenvalue weighted by atomic mass is 16.2. The third kappa shape index (κ3) is 5.52. The fourth-order valence-electron chi connectivity index (χ4n) is 2.94. The average molecular weight is 344 g/mol. The molecular formula is C19H28N4O2. The summed E-state index contributed by atoms with van der Waals surface area (Å²) in [6.07, 6.45) is 3.43. The first-order valence-electron chi connectivity index (χ1n) is 8.82. The normalized spacial score (nSPS) is 15.4. The van der Waals surface area contributed by atoms with Crippen molar-refractivity contribution in [1.29, 1.82) is 0 Å². The van der Waals surface area contributed by atoms with Gasteiger partial charge in [0.25, 0.3) is 0 Å². The van der Waals surface area contributed by atoms with Crippen LogP contribution in [0.4, 0.5) is 16.2 Å². The Bertz CT molecular complexity index is 609. The van der Waals surface area contributed by atoms with Crippen LogP contribution in [-0.2, 0) is 4.79 Å². The van der Waals surface area contributed by atoms with Crippen LogP contribution in [-0.4, -0.2) is 49.1 Å². The largest absolute Gasteiger partial charge is 0.368 e. The van der Waals surface area contributed by atoms with Crippen molar-refractivity contribution in [2.45, 2.75) is 32.7 Å². The SMILES string of the molecule is C=CC[C@@H](CC)NC(=O)Nc1cccc(N2CCN(C(C)=O)CC2)c1. The van der Waals surface area contributed by atoms with Gasteiger partial charge in [-0.2, -0.15) is 0 Å². The summed E-state index contributed by atoms with van der Waals surface area (Å²) < 4.78 is 0. The second-order valence-corrected chi connectivity index (χ2v) is 6.27. The molecule has 1 aromatic rings. The topological polar surface area (TPSA) is 64.7 Å². The molecule has 3 amide bonds. The van der Waals surface area contributed by atoms with E-state index < -0.39 is 0 Å². The number of benzene rings is 1. The minimum atomic E-state index is -0.202. The molecule has 1 aliphatic heterocycles. The first kappa shape index (κ1) is 18.8. The fraction of sp³-hybridized carbons (Fsp3) is 0.474. The van der Waals surface area contributed by atoms with E-state index in [-0.39, 0.29) is 18.0 Å². The Morgan fingerprint density at radius 2 is 2.00 bits per heavy atom. The lowest BCUT2D eigenvalue weighted by Gasteiger charge is -2.35. The second kappa shape index (κ2) is 9.11. The number of carbonyl (C=O) groups excluding carboxylic acids is 2. The van der Waals surface area contributed by atoms with Crippen molar-refractivity contribution < 1.29 is 9.59 Å². The first-order valence-corrected chi connectivity index (χ1v) is 8.82. The summed E-state index contributed by atoms with van der Waals surface area (Å²) in [4.78, 5) is 27.7. The second-order valence-electron chi connectivity index (χ2n) is 6.27. The van der Waals surface area contributed by atoms with Crippen LogP contribution in [0.3, 0.4) is 0 Å². The number of piperazine rings is 1. The number of anilines is 2. The average Bonchev–Trinajstić information content (AvgIpc) is 2.61. The van der Waals surface area contributed by atoms with E-state index in [0.717, 1.165) is 50.4 Å². The number of hydrogen-bond acceptors (Lipinski definition) is 3. The molecule has 2 N–H and O–H groups in total. The van der Waals surface area contributed by atoms with Crippen LogP contribution >= 0.6 is 0 Å². The molecule has 6 heteroatoms. The molecule has 0 radical (unpaired) electrons. The lowest BCUT2D eigenvalue weighted by Crippen LogP contribution is -2.48. The lowest BCUT2D eigenvalue weighted by molar-refractivity contribution is -0.129. The zero-order valence-electron chi connectivity index (χ0n) is 15.1. The third-order valence-electron chi connectivity index (χ3n) is 4.47. The molecule has 0 saturated carbocycles. The number of hydrogen-bond donors (Lipinski definition) is 2. The number of carbonyl (C=O) groups is 2. The molecule has 6 nitrogen and oxygen atoms in total. The number of nitrogens with zero attached hydrogens (tertiary/aromatic N) is 2. The number of rotatable bonds is 6. The Hall–Kier alpha value is -2.50. The maximum atomic E-state index is 12.1. The molecule has 0 spiro atoms. The number of nitrogens with one attached hydrogen (secondary N) is 2. The molecule has 0 aliphatic carbocycles. The van der Waals surface area contributed by atoms with E-state index in [1.807, 2.05) is 42.2 Å². The van der Waals surface area contributed by atoms with E-state index in [9.17, 15) is 9.59 Å². The van der Waals surface area contributed by atoms with Crippen LogP contribution < -0.4 is 15.5 Å². The van der Waals surface area contributed by atoms with Gasteiger partial charge >= 0.3 is 6.03 Å². The van der Waals surface area contributed by atoms with E-state index >= 15 is 0 Å². The molecular weight excluding hydrogens is 316 g/mol. The molecule has 0 aromatic heterocycles. The van der Waals surface area contributed by atoms with Crippen molar-refractivity contribution in [1.82, 2.24) is 10.2 Å². The van der Waals surface area contributed by atoms with Gasteiger partial charge in [-0.25, -0.2) is 4.79 Å². The van der Waals surface area contributed by atoms with Gasteiger partial charge in [0.05, 0.1) is 0 Å². The molecule has 0 unspecified atom stereocenters. The van der Waals surface area contributed by atoms with Crippen molar-refractivity contribution in [3.63, 3.8) is 0 Å². The summed E-state index contributed by atoms with van der Waals surface area (Å²) >= 11 is 0. The zero-order valence-corrected chi connectivity index (χ0v) is 15.1. The number of amides is 3. The van der Waals surface area contributed by atoms with Gasteiger partial charge in [0.1, 0.15) is 0 Å². The van der Waals surface area contributed by atoms with Crippen LogP contribution in [0, 0.1) is 0 Å². The van der Waals surface area contributed by atoms with Gasteiger partial charge in [-0.05, 0) is 31.0 Å². The summed E-state index contributed by atoms with van der Waals surface area (Å²) in [5.74, 6) is 0.122. The van der Waals surface area contributed by atoms with Crippen molar-refractivity contribution in [3.8, 4) is 0 Å². The van der Waals surface area contributed by atoms with E-state index in [2.05, 4.69) is 22.1 Å². The Labute approximate surface area is 149 Å². The maximum Gasteiger partial charge on any atom is 0.319 e. The van der Waals surface area contributed by atoms with Crippen LogP contribution in [0.25, 0.3) is 0 Å². The van der Waals surface area contributed by atoms with Crippen molar-refractivity contribution in [2.24, 2.45) is 0 Å². The Balaban J connectivity index is 1.94. The molecule has 2 rings (SSSR count). The molecule has 0 bridgehead atoms. The molecule has 1 saturated heterocycles. The fourth-order valence-corrected chi connectivity index (χ4v) is 2.94. The first-order chi connectivity index (χ1) is 12.0. The highest BCUT2D eigenvalue weighted by molar-refractivity contribution is 5.90. The van der Waals surface area contributed by atoms with Gasteiger partial charge in [-0.15, -0.1) is 6.58 Å². The highest BCUT2D eigenvalue weighted by Crippen LogP contribution is 2.21. The summed E-state index contributed by atoms with van der Waals surface area (Å²) in [6.45, 7) is 10.4. The Morgan fingerprint density at radius 1 is 1.28 bits per heavy atom. The molecule has 1 heterocycles. The van der Waals surface area contributed by atoms with Gasteiger partial charge in [0.15, 0.2) is 0 Å². The molecule has 1 fully saturated rings. The summed E-state index contributed by atoms with van der Waals surface area (Å²) in [7, 11) is 0. The van der Waals surface area contributed by atoms with Crippen LogP contribution in [0.5, 0.6) is 0 Å². The molecule has 25 heavy (non-hydrogen) atoms. The monoisotopic (exact) mass is 344 g/mol. The Kier molecular flexibility index (Phi) is 6.86. The molecule has 1 atom stereocenters. The number of urea groups is 1. The summed E-state index contributed by atoms with van der Waals surface area (Å²) in [5.41, 5.74) is 1.82. The van der Waals surface area contributed by atoms with Crippen molar-refractivity contribution in [3.05, 3.63) is 36.9 Å². The zero-order chi connectivity index (χ0) is 18.2. The van der Waals surface area contributed by atoms with Crippen molar-refractivity contribution >= 4 is 23.3 Å². The van der Waals surface area contributed by atoms with Crippen LogP contribution in [0.1, 0.15) is 26.7 Å². The van der Waals surface area contributed by atoms with Crippen LogP contribution in [0.15, 0.2) is 36.9 Å². The molecule has 136 valence electrons. The van der Waals surface area contributed by atoms with Gasteiger partial charge < -0.3 is 20.4 Å². The van der Waals surface area contributed by atoms with E-state index in [1.54, 1.807) is 6.92 Å². The van der Waals surface area contributed by atoms with Gasteiger partial charge in [-0.3, -0.25) is 4.79 Å². The van der Waals surface area contributed by atoms with Gasteiger partial charge in [0, 0.05) is 50.5 Å². The van der Waals surface area contributed by atoms with Crippen LogP contribution in [0.2, 0.25) is 0 Å². The third-order valence-corrected chi connectivity index (χ3v) is 4.47. The standard InChI is InChI=1S/C19H28N4O2/c1-4-7-16(5-2)20-19(25)21-17-8-6-9-18(14-17)23-12-10-22(11-13-23)15(3)24/h4,6,8-9,14,16H,1,5,7,10-13H2,2-3H3,(H2,20,21,25)/t16-/m1/s1. The predicted molar refractivity (Wildman–Crippen MR) is 102 cm³/mol. The lowest BCUT2D eigenvalue weighted by atomic mass is 10.1. The quantitative estimate of drug-likeness (QED) is 0.780. The van der Waals surface area contributed by atoms with E-state index in [1.165, 1.54) is 0 Å². The summed E-state index contributed by atoms with van der Waals surface area (Å²) in [6, 6.07) is 7.70. The predicted octanol–water partition coefficient (Wildman–Crippen LogP) is 2.83. The van der Waals surface area contributed by atoms with Gasteiger partial charge in [0.2, 0.25) is 5.91 Å². The highest BCUT2D eigenvalue weighted by Gasteiger charge is 2.19. The van der Waals surface area contributed by atoms with Gasteiger partial charge in [-0.1, -0.05) is 19.1 Å².